The number of carbonyl (C=O) groups excluding carboxylic acids is 1. The Labute approximate surface area is 156 Å². The molecule has 2 saturated heterocycles. The zero-order valence-electron chi connectivity index (χ0n) is 15.0. The molecule has 0 unspecified atom stereocenters. The Balaban J connectivity index is 1.44. The molecule has 0 saturated carbocycles. The largest absolute Gasteiger partial charge is 0.415 e. The van der Waals surface area contributed by atoms with Crippen LogP contribution in [0, 0.1) is 5.41 Å². The molecule has 2 aliphatic rings. The molecule has 2 aromatic rings. The molecule has 27 heavy (non-hydrogen) atoms. The maximum atomic E-state index is 12.4. The van der Waals surface area contributed by atoms with E-state index in [0.29, 0.717) is 22.9 Å². The Morgan fingerprint density at radius 1 is 1.07 bits per heavy atom. The van der Waals surface area contributed by atoms with Gasteiger partial charge in [0.25, 0.3) is 0 Å². The summed E-state index contributed by atoms with van der Waals surface area (Å²) in [5, 5.41) is 8.24. The highest BCUT2D eigenvalue weighted by Crippen LogP contribution is 2.39. The molecule has 0 bridgehead atoms. The van der Waals surface area contributed by atoms with Gasteiger partial charge in [-0.05, 0) is 31.3 Å². The summed E-state index contributed by atoms with van der Waals surface area (Å²) in [6, 6.07) is 10.2. The van der Waals surface area contributed by atoms with Crippen LogP contribution >= 0.6 is 0 Å². The van der Waals surface area contributed by atoms with E-state index in [-0.39, 0.29) is 17.3 Å². The molecule has 140 valence electrons. The van der Waals surface area contributed by atoms with E-state index in [9.17, 15) is 4.79 Å². The van der Waals surface area contributed by atoms with E-state index in [1.54, 1.807) is 41.3 Å². The van der Waals surface area contributed by atoms with Crippen LogP contribution < -0.4 is 16.2 Å². The molecule has 1 amide bonds. The van der Waals surface area contributed by atoms with Crippen molar-refractivity contribution in [3.8, 4) is 5.75 Å². The van der Waals surface area contributed by atoms with Gasteiger partial charge in [-0.1, -0.05) is 12.1 Å². The average molecular weight is 367 g/mol. The maximum absolute atomic E-state index is 12.4. The molecular weight excluding hydrogens is 346 g/mol. The van der Waals surface area contributed by atoms with Crippen LogP contribution in [0.25, 0.3) is 0 Å². The minimum Gasteiger partial charge on any atom is -0.408 e. The molecular formula is C18H21N7O2. The Hall–Kier alpha value is -3.20. The van der Waals surface area contributed by atoms with E-state index in [2.05, 4.69) is 27.2 Å². The summed E-state index contributed by atoms with van der Waals surface area (Å²) in [5.74, 6) is 0.843. The molecule has 2 aliphatic heterocycles. The first-order chi connectivity index (χ1) is 12.9. The molecule has 4 N–H and O–H groups in total. The van der Waals surface area contributed by atoms with Crippen molar-refractivity contribution in [1.29, 1.82) is 0 Å². The number of hydrogen-bond acceptors (Lipinski definition) is 8. The van der Waals surface area contributed by atoms with Crippen LogP contribution in [0.3, 0.4) is 0 Å². The number of azo groups is 1. The highest BCUT2D eigenvalue weighted by molar-refractivity contribution is 5.74. The first-order valence-electron chi connectivity index (χ1n) is 8.62. The second kappa shape index (κ2) is 6.51. The number of ether oxygens (including phenoxy) is 1. The van der Waals surface area contributed by atoms with Crippen LogP contribution in [0.1, 0.15) is 0 Å². The zero-order chi connectivity index (χ0) is 19.0. The number of benzene rings is 1. The predicted octanol–water partition coefficient (Wildman–Crippen LogP) is 2.41. The van der Waals surface area contributed by atoms with Gasteiger partial charge in [0, 0.05) is 31.6 Å². The lowest BCUT2D eigenvalue weighted by molar-refractivity contribution is -0.0891. The number of carbonyl (C=O) groups is 1. The fraction of sp³-hybridized carbons (Fsp3) is 0.333. The number of hydrogen-bond donors (Lipinski definition) is 2. The van der Waals surface area contributed by atoms with Gasteiger partial charge in [-0.15, -0.1) is 10.2 Å². The fourth-order valence-electron chi connectivity index (χ4n) is 3.65. The van der Waals surface area contributed by atoms with Crippen molar-refractivity contribution in [1.82, 2.24) is 14.8 Å². The molecule has 9 nitrogen and oxygen atoms in total. The van der Waals surface area contributed by atoms with Crippen molar-refractivity contribution in [2.24, 2.45) is 15.6 Å². The number of pyridine rings is 1. The lowest BCUT2D eigenvalue weighted by Crippen LogP contribution is -2.72. The second-order valence-electron chi connectivity index (χ2n) is 7.20. The molecule has 0 atom stereocenters. The first kappa shape index (κ1) is 17.2. The average Bonchev–Trinajstić information content (AvgIpc) is 2.57. The van der Waals surface area contributed by atoms with E-state index >= 15 is 0 Å². The van der Waals surface area contributed by atoms with Crippen LogP contribution in [-0.2, 0) is 0 Å². The van der Waals surface area contributed by atoms with Gasteiger partial charge in [0.1, 0.15) is 17.2 Å². The Kier molecular flexibility index (Phi) is 4.15. The topological polar surface area (TPSA) is 122 Å². The van der Waals surface area contributed by atoms with E-state index in [1.165, 1.54) is 0 Å². The van der Waals surface area contributed by atoms with Crippen molar-refractivity contribution in [2.45, 2.75) is 0 Å². The monoisotopic (exact) mass is 367 g/mol. The predicted molar refractivity (Wildman–Crippen MR) is 101 cm³/mol. The second-order valence-corrected chi connectivity index (χ2v) is 7.20. The Bertz CT molecular complexity index is 900. The third kappa shape index (κ3) is 3.41. The molecule has 4 rings (SSSR count). The normalized spacial score (nSPS) is 18.3. The fourth-order valence-corrected chi connectivity index (χ4v) is 3.65. The zero-order valence-corrected chi connectivity index (χ0v) is 15.0. The van der Waals surface area contributed by atoms with Crippen LogP contribution in [0.15, 0.2) is 46.6 Å². The third-order valence-electron chi connectivity index (χ3n) is 4.77. The van der Waals surface area contributed by atoms with E-state index in [1.807, 2.05) is 0 Å². The number of aromatic nitrogens is 1. The van der Waals surface area contributed by atoms with Crippen molar-refractivity contribution in [2.75, 3.05) is 44.7 Å². The molecule has 1 aromatic carbocycles. The van der Waals surface area contributed by atoms with Crippen molar-refractivity contribution < 1.29 is 9.53 Å². The molecule has 0 radical (unpaired) electrons. The SMILES string of the molecule is CN1CC2(C1)CN(C(=O)Oc1ccccc1/N=N/c1ccc(N)nc1N)C2. The number of nitrogens with two attached hydrogens (primary N) is 2. The van der Waals surface area contributed by atoms with Crippen LogP contribution in [-0.4, -0.2) is 54.1 Å². The number of amides is 1. The van der Waals surface area contributed by atoms with Crippen molar-refractivity contribution in [3.63, 3.8) is 0 Å². The summed E-state index contributed by atoms with van der Waals surface area (Å²) in [6.45, 7) is 3.51. The smallest absolute Gasteiger partial charge is 0.408 e. The lowest BCUT2D eigenvalue weighted by atomic mass is 9.73. The molecule has 3 heterocycles. The van der Waals surface area contributed by atoms with Gasteiger partial charge in [-0.25, -0.2) is 9.78 Å². The summed E-state index contributed by atoms with van der Waals surface area (Å²) in [5.41, 5.74) is 12.4. The molecule has 1 aromatic heterocycles. The van der Waals surface area contributed by atoms with Gasteiger partial charge >= 0.3 is 6.09 Å². The summed E-state index contributed by atoms with van der Waals surface area (Å²) < 4.78 is 5.53. The minimum atomic E-state index is -0.369. The van der Waals surface area contributed by atoms with Crippen LogP contribution in [0.4, 0.5) is 27.8 Å². The molecule has 2 fully saturated rings. The number of likely N-dealkylation sites (tertiary alicyclic amines) is 2. The van der Waals surface area contributed by atoms with Crippen molar-refractivity contribution >= 4 is 29.1 Å². The van der Waals surface area contributed by atoms with Gasteiger partial charge in [-0.3, -0.25) is 0 Å². The summed E-state index contributed by atoms with van der Waals surface area (Å²) in [4.78, 5) is 20.3. The summed E-state index contributed by atoms with van der Waals surface area (Å²) in [6.07, 6.45) is -0.369. The highest BCUT2D eigenvalue weighted by atomic mass is 16.6. The Morgan fingerprint density at radius 2 is 1.78 bits per heavy atom. The van der Waals surface area contributed by atoms with Crippen LogP contribution in [0.5, 0.6) is 5.75 Å². The quantitative estimate of drug-likeness (QED) is 0.803. The molecule has 9 heteroatoms. The maximum Gasteiger partial charge on any atom is 0.415 e. The number of nitrogens with zero attached hydrogens (tertiary/aromatic N) is 5. The number of rotatable bonds is 3. The van der Waals surface area contributed by atoms with Gasteiger partial charge in [0.2, 0.25) is 0 Å². The first-order valence-corrected chi connectivity index (χ1v) is 8.62. The lowest BCUT2D eigenvalue weighted by Gasteiger charge is -2.58. The minimum absolute atomic E-state index is 0.185. The number of para-hydroxylation sites is 1. The summed E-state index contributed by atoms with van der Waals surface area (Å²) >= 11 is 0. The highest BCUT2D eigenvalue weighted by Gasteiger charge is 2.52. The van der Waals surface area contributed by atoms with Crippen molar-refractivity contribution in [3.05, 3.63) is 36.4 Å². The number of anilines is 2. The molecule has 1 spiro atoms. The van der Waals surface area contributed by atoms with Gasteiger partial charge < -0.3 is 26.0 Å². The third-order valence-corrected chi connectivity index (χ3v) is 4.77. The molecule has 0 aliphatic carbocycles. The summed E-state index contributed by atoms with van der Waals surface area (Å²) in [7, 11) is 2.08. The van der Waals surface area contributed by atoms with E-state index in [0.717, 1.165) is 26.2 Å². The van der Waals surface area contributed by atoms with E-state index in [4.69, 9.17) is 16.2 Å². The van der Waals surface area contributed by atoms with Gasteiger partial charge in [0.15, 0.2) is 11.6 Å². The van der Waals surface area contributed by atoms with E-state index < -0.39 is 0 Å². The van der Waals surface area contributed by atoms with Gasteiger partial charge in [-0.2, -0.15) is 0 Å². The Morgan fingerprint density at radius 3 is 2.48 bits per heavy atom. The standard InChI is InChI=1S/C18H21N7O2/c1-24-8-18(9-24)10-25(11-18)17(26)27-14-5-3-2-4-12(14)22-23-13-6-7-15(19)21-16(13)20/h2-7H,8-11H2,1H3,(H4,19,20,21)/b23-22+. The van der Waals surface area contributed by atoms with Gasteiger partial charge in [0.05, 0.1) is 0 Å². The number of nitrogen functional groups attached to an aromatic ring is 2. The van der Waals surface area contributed by atoms with Crippen LogP contribution in [0.2, 0.25) is 0 Å².